The largest absolute Gasteiger partial charge is 0.359 e. The summed E-state index contributed by atoms with van der Waals surface area (Å²) in [6.07, 6.45) is 6.79. The Balaban J connectivity index is 1.60. The van der Waals surface area contributed by atoms with Gasteiger partial charge in [0, 0.05) is 24.3 Å². The van der Waals surface area contributed by atoms with Crippen molar-refractivity contribution in [2.45, 2.75) is 50.1 Å². The van der Waals surface area contributed by atoms with E-state index in [1.807, 2.05) is 11.8 Å². The number of rotatable bonds is 1. The van der Waals surface area contributed by atoms with Crippen molar-refractivity contribution in [1.82, 2.24) is 10.6 Å². The summed E-state index contributed by atoms with van der Waals surface area (Å²) in [5.41, 5.74) is 0.349. The highest BCUT2D eigenvalue weighted by molar-refractivity contribution is 8.14. The zero-order valence-corrected chi connectivity index (χ0v) is 10.8. The van der Waals surface area contributed by atoms with Crippen molar-refractivity contribution in [3.05, 3.63) is 0 Å². The Labute approximate surface area is 106 Å². The van der Waals surface area contributed by atoms with Crippen LogP contribution in [0.5, 0.6) is 0 Å². The molecule has 17 heavy (non-hydrogen) atoms. The molecule has 1 unspecified atom stereocenters. The third-order valence-corrected chi connectivity index (χ3v) is 5.14. The number of carbonyl (C=O) groups is 1. The summed E-state index contributed by atoms with van der Waals surface area (Å²) in [5, 5.41) is 7.61. The maximum Gasteiger partial charge on any atom is 0.220 e. The standard InChI is InChI=1S/C12H19N3OS/c16-10-4-3-9(7-13-10)14-11-15-12(8-17-11)5-1-2-6-12/h9H,1-8H2,(H,13,16)(H,14,15). The van der Waals surface area contributed by atoms with Crippen LogP contribution in [-0.2, 0) is 4.79 Å². The van der Waals surface area contributed by atoms with E-state index in [0.717, 1.165) is 11.6 Å². The number of thioether (sulfide) groups is 1. The monoisotopic (exact) mass is 253 g/mol. The first kappa shape index (κ1) is 11.4. The fraction of sp³-hybridized carbons (Fsp3) is 0.833. The van der Waals surface area contributed by atoms with Gasteiger partial charge in [0.2, 0.25) is 5.91 Å². The lowest BCUT2D eigenvalue weighted by molar-refractivity contribution is -0.122. The molecular weight excluding hydrogens is 234 g/mol. The third kappa shape index (κ3) is 2.44. The fourth-order valence-electron chi connectivity index (χ4n) is 2.89. The van der Waals surface area contributed by atoms with Gasteiger partial charge in [0.1, 0.15) is 0 Å². The molecule has 0 bridgehead atoms. The van der Waals surface area contributed by atoms with Gasteiger partial charge in [-0.15, -0.1) is 0 Å². The Morgan fingerprint density at radius 3 is 2.88 bits per heavy atom. The normalized spacial score (nSPS) is 34.0. The number of amides is 1. The molecule has 1 saturated carbocycles. The van der Waals surface area contributed by atoms with E-state index in [1.165, 1.54) is 31.4 Å². The predicted molar refractivity (Wildman–Crippen MR) is 70.3 cm³/mol. The molecule has 0 radical (unpaired) electrons. The Morgan fingerprint density at radius 2 is 2.18 bits per heavy atom. The van der Waals surface area contributed by atoms with Gasteiger partial charge in [-0.25, -0.2) is 0 Å². The van der Waals surface area contributed by atoms with E-state index in [4.69, 9.17) is 4.99 Å². The first-order valence-corrected chi connectivity index (χ1v) is 7.50. The van der Waals surface area contributed by atoms with Gasteiger partial charge in [-0.3, -0.25) is 9.79 Å². The van der Waals surface area contributed by atoms with Crippen LogP contribution in [-0.4, -0.2) is 35.0 Å². The van der Waals surface area contributed by atoms with Crippen LogP contribution < -0.4 is 10.6 Å². The van der Waals surface area contributed by atoms with E-state index in [1.54, 1.807) is 0 Å². The molecule has 94 valence electrons. The summed E-state index contributed by atoms with van der Waals surface area (Å²) >= 11 is 1.86. The second-order valence-electron chi connectivity index (χ2n) is 5.33. The molecular formula is C12H19N3OS. The van der Waals surface area contributed by atoms with Gasteiger partial charge in [0.25, 0.3) is 0 Å². The zero-order chi connectivity index (χ0) is 11.7. The molecule has 0 aromatic carbocycles. The summed E-state index contributed by atoms with van der Waals surface area (Å²) in [4.78, 5) is 15.8. The first-order chi connectivity index (χ1) is 8.26. The SMILES string of the molecule is O=C1CCC(N=C2NC3(CCCC3)CS2)CN1. The Morgan fingerprint density at radius 1 is 1.35 bits per heavy atom. The quantitative estimate of drug-likeness (QED) is 0.740. The number of aliphatic imine (C=N–C) groups is 1. The van der Waals surface area contributed by atoms with Gasteiger partial charge in [-0.2, -0.15) is 0 Å². The molecule has 3 fully saturated rings. The summed E-state index contributed by atoms with van der Waals surface area (Å²) in [5.74, 6) is 1.34. The molecule has 1 atom stereocenters. The lowest BCUT2D eigenvalue weighted by atomic mass is 10.0. The predicted octanol–water partition coefficient (Wildman–Crippen LogP) is 1.27. The highest BCUT2D eigenvalue weighted by Gasteiger charge is 2.39. The van der Waals surface area contributed by atoms with Gasteiger partial charge in [-0.1, -0.05) is 24.6 Å². The zero-order valence-electron chi connectivity index (χ0n) is 10.00. The average Bonchev–Trinajstić information content (AvgIpc) is 2.94. The molecule has 3 aliphatic rings. The van der Waals surface area contributed by atoms with Crippen molar-refractivity contribution < 1.29 is 4.79 Å². The number of amidine groups is 1. The van der Waals surface area contributed by atoms with Crippen LogP contribution in [0.2, 0.25) is 0 Å². The van der Waals surface area contributed by atoms with Crippen LogP contribution in [0.15, 0.2) is 4.99 Å². The first-order valence-electron chi connectivity index (χ1n) is 6.51. The van der Waals surface area contributed by atoms with Gasteiger partial charge >= 0.3 is 0 Å². The molecule has 2 N–H and O–H groups in total. The number of carbonyl (C=O) groups excluding carboxylic acids is 1. The molecule has 3 rings (SSSR count). The van der Waals surface area contributed by atoms with Gasteiger partial charge in [0.15, 0.2) is 5.17 Å². The Hall–Kier alpha value is -0.710. The fourth-order valence-corrected chi connectivity index (χ4v) is 4.18. The van der Waals surface area contributed by atoms with Crippen molar-refractivity contribution in [2.75, 3.05) is 12.3 Å². The summed E-state index contributed by atoms with van der Waals surface area (Å²) in [6, 6.07) is 0.277. The number of hydrogen-bond acceptors (Lipinski definition) is 3. The highest BCUT2D eigenvalue weighted by atomic mass is 32.2. The van der Waals surface area contributed by atoms with Crippen molar-refractivity contribution in [1.29, 1.82) is 0 Å². The van der Waals surface area contributed by atoms with Gasteiger partial charge in [-0.05, 0) is 19.3 Å². The molecule has 4 nitrogen and oxygen atoms in total. The van der Waals surface area contributed by atoms with Crippen molar-refractivity contribution in [3.8, 4) is 0 Å². The van der Waals surface area contributed by atoms with E-state index in [2.05, 4.69) is 10.6 Å². The van der Waals surface area contributed by atoms with E-state index in [0.29, 0.717) is 18.5 Å². The number of piperidine rings is 1. The van der Waals surface area contributed by atoms with E-state index in [9.17, 15) is 4.79 Å². The van der Waals surface area contributed by atoms with Crippen LogP contribution in [0.25, 0.3) is 0 Å². The van der Waals surface area contributed by atoms with Crippen LogP contribution in [0.4, 0.5) is 0 Å². The molecule has 1 spiro atoms. The molecule has 5 heteroatoms. The average molecular weight is 253 g/mol. The lowest BCUT2D eigenvalue weighted by Gasteiger charge is -2.23. The molecule has 0 aromatic rings. The molecule has 2 aliphatic heterocycles. The van der Waals surface area contributed by atoms with Gasteiger partial charge in [0.05, 0.1) is 6.04 Å². The molecule has 2 heterocycles. The van der Waals surface area contributed by atoms with Crippen LogP contribution in [0.3, 0.4) is 0 Å². The van der Waals surface area contributed by atoms with Crippen molar-refractivity contribution in [3.63, 3.8) is 0 Å². The highest BCUT2D eigenvalue weighted by Crippen LogP contribution is 2.37. The minimum atomic E-state index is 0.167. The van der Waals surface area contributed by atoms with Crippen molar-refractivity contribution in [2.24, 2.45) is 4.99 Å². The third-order valence-electron chi connectivity index (χ3n) is 3.96. The Kier molecular flexibility index (Phi) is 3.03. The summed E-state index contributed by atoms with van der Waals surface area (Å²) in [6.45, 7) is 0.706. The summed E-state index contributed by atoms with van der Waals surface area (Å²) < 4.78 is 0. The molecule has 1 amide bonds. The topological polar surface area (TPSA) is 53.5 Å². The van der Waals surface area contributed by atoms with E-state index in [-0.39, 0.29) is 11.9 Å². The Bertz CT molecular complexity index is 340. The maximum absolute atomic E-state index is 11.1. The van der Waals surface area contributed by atoms with Crippen LogP contribution in [0.1, 0.15) is 38.5 Å². The van der Waals surface area contributed by atoms with Crippen LogP contribution in [0, 0.1) is 0 Å². The van der Waals surface area contributed by atoms with Crippen LogP contribution >= 0.6 is 11.8 Å². The van der Waals surface area contributed by atoms with Gasteiger partial charge < -0.3 is 10.6 Å². The minimum Gasteiger partial charge on any atom is -0.359 e. The van der Waals surface area contributed by atoms with E-state index < -0.39 is 0 Å². The molecule has 2 saturated heterocycles. The van der Waals surface area contributed by atoms with Crippen molar-refractivity contribution >= 4 is 22.8 Å². The number of nitrogens with zero attached hydrogens (tertiary/aromatic N) is 1. The van der Waals surface area contributed by atoms with E-state index >= 15 is 0 Å². The second kappa shape index (κ2) is 4.52. The summed E-state index contributed by atoms with van der Waals surface area (Å²) in [7, 11) is 0. The molecule has 0 aromatic heterocycles. The number of nitrogens with one attached hydrogen (secondary N) is 2. The lowest BCUT2D eigenvalue weighted by Crippen LogP contribution is -2.42. The molecule has 1 aliphatic carbocycles. The maximum atomic E-state index is 11.1. The second-order valence-corrected chi connectivity index (χ2v) is 6.30. The minimum absolute atomic E-state index is 0.167. The number of hydrogen-bond donors (Lipinski definition) is 2. The smallest absolute Gasteiger partial charge is 0.220 e.